The molecule has 0 amide bonds. The van der Waals surface area contributed by atoms with E-state index >= 15 is 0 Å². The molecule has 1 aromatic carbocycles. The Labute approximate surface area is 106 Å². The minimum absolute atomic E-state index is 0.323. The summed E-state index contributed by atoms with van der Waals surface area (Å²) in [7, 11) is 0. The zero-order valence-corrected chi connectivity index (χ0v) is 10.5. The van der Waals surface area contributed by atoms with Crippen LogP contribution in [0.4, 0.5) is 0 Å². The summed E-state index contributed by atoms with van der Waals surface area (Å²) < 4.78 is 0. The molecule has 0 unspecified atom stereocenters. The van der Waals surface area contributed by atoms with Gasteiger partial charge in [-0.3, -0.25) is 0 Å². The number of thiophene rings is 1. The number of benzene rings is 1. The molecule has 1 aromatic heterocycles. The summed E-state index contributed by atoms with van der Waals surface area (Å²) >= 11 is 1.55. The Morgan fingerprint density at radius 2 is 2.00 bits per heavy atom. The van der Waals surface area contributed by atoms with Crippen molar-refractivity contribution in [3.8, 4) is 6.07 Å². The van der Waals surface area contributed by atoms with Crippen molar-refractivity contribution in [1.29, 1.82) is 5.26 Å². The van der Waals surface area contributed by atoms with Crippen molar-refractivity contribution in [3.05, 3.63) is 57.8 Å². The molecule has 1 N–H and O–H groups in total. The molecular weight excluding hydrogens is 228 g/mol. The molecule has 0 spiro atoms. The van der Waals surface area contributed by atoms with Gasteiger partial charge in [0.25, 0.3) is 0 Å². The quantitative estimate of drug-likeness (QED) is 0.891. The Bertz CT molecular complexity index is 511. The molecular formula is C14H14N2S. The van der Waals surface area contributed by atoms with Gasteiger partial charge in [0.05, 0.1) is 0 Å². The van der Waals surface area contributed by atoms with E-state index in [2.05, 4.69) is 30.4 Å². The SMILES string of the molecule is C[C@H](NCc1ccc(C#N)s1)c1ccccc1. The van der Waals surface area contributed by atoms with Crippen molar-refractivity contribution >= 4 is 11.3 Å². The van der Waals surface area contributed by atoms with E-state index in [-0.39, 0.29) is 0 Å². The molecule has 0 bridgehead atoms. The van der Waals surface area contributed by atoms with Gasteiger partial charge in [-0.1, -0.05) is 30.3 Å². The number of hydrogen-bond donors (Lipinski definition) is 1. The molecule has 0 radical (unpaired) electrons. The number of rotatable bonds is 4. The Balaban J connectivity index is 1.92. The Morgan fingerprint density at radius 3 is 2.65 bits per heavy atom. The average Bonchev–Trinajstić information content (AvgIpc) is 2.85. The van der Waals surface area contributed by atoms with Crippen LogP contribution in [0.5, 0.6) is 0 Å². The summed E-state index contributed by atoms with van der Waals surface area (Å²) in [4.78, 5) is 1.97. The van der Waals surface area contributed by atoms with Crippen molar-refractivity contribution in [1.82, 2.24) is 5.32 Å². The Hall–Kier alpha value is -1.63. The highest BCUT2D eigenvalue weighted by atomic mass is 32.1. The average molecular weight is 242 g/mol. The number of nitrogens with one attached hydrogen (secondary N) is 1. The van der Waals surface area contributed by atoms with Crippen molar-refractivity contribution in [3.63, 3.8) is 0 Å². The molecule has 1 heterocycles. The van der Waals surface area contributed by atoms with Crippen molar-refractivity contribution in [2.24, 2.45) is 0 Å². The summed E-state index contributed by atoms with van der Waals surface area (Å²) in [6, 6.07) is 16.7. The smallest absolute Gasteiger partial charge is 0.110 e. The van der Waals surface area contributed by atoms with Crippen LogP contribution in [-0.4, -0.2) is 0 Å². The van der Waals surface area contributed by atoms with Crippen LogP contribution >= 0.6 is 11.3 Å². The highest BCUT2D eigenvalue weighted by Crippen LogP contribution is 2.17. The predicted molar refractivity (Wildman–Crippen MR) is 70.7 cm³/mol. The summed E-state index contributed by atoms with van der Waals surface area (Å²) in [5.74, 6) is 0. The largest absolute Gasteiger partial charge is 0.305 e. The second-order valence-electron chi connectivity index (χ2n) is 3.89. The summed E-state index contributed by atoms with van der Waals surface area (Å²) in [6.07, 6.45) is 0. The van der Waals surface area contributed by atoms with Gasteiger partial charge in [-0.2, -0.15) is 5.26 Å². The number of nitrogens with zero attached hydrogens (tertiary/aromatic N) is 1. The van der Waals surface area contributed by atoms with Gasteiger partial charge < -0.3 is 5.32 Å². The molecule has 0 aliphatic carbocycles. The van der Waals surface area contributed by atoms with Gasteiger partial charge in [-0.15, -0.1) is 11.3 Å². The van der Waals surface area contributed by atoms with Crippen LogP contribution in [0.1, 0.15) is 28.3 Å². The van der Waals surface area contributed by atoms with E-state index in [1.807, 2.05) is 30.3 Å². The van der Waals surface area contributed by atoms with Gasteiger partial charge >= 0.3 is 0 Å². The molecule has 0 saturated heterocycles. The maximum Gasteiger partial charge on any atom is 0.110 e. The molecule has 86 valence electrons. The summed E-state index contributed by atoms with van der Waals surface area (Å²) in [6.45, 7) is 2.95. The van der Waals surface area contributed by atoms with Gasteiger partial charge in [0.2, 0.25) is 0 Å². The van der Waals surface area contributed by atoms with Gasteiger partial charge in [0.1, 0.15) is 10.9 Å². The first-order valence-corrected chi connectivity index (χ1v) is 6.38. The third kappa shape index (κ3) is 3.16. The fourth-order valence-electron chi connectivity index (χ4n) is 1.65. The molecule has 1 atom stereocenters. The third-order valence-corrected chi connectivity index (χ3v) is 3.64. The maximum atomic E-state index is 8.75. The van der Waals surface area contributed by atoms with Crippen molar-refractivity contribution in [2.75, 3.05) is 0 Å². The van der Waals surface area contributed by atoms with Crippen LogP contribution in [0, 0.1) is 11.3 Å². The molecule has 3 heteroatoms. The highest BCUT2D eigenvalue weighted by Gasteiger charge is 2.05. The fraction of sp³-hybridized carbons (Fsp3) is 0.214. The monoisotopic (exact) mass is 242 g/mol. The van der Waals surface area contributed by atoms with Crippen LogP contribution in [0.25, 0.3) is 0 Å². The summed E-state index contributed by atoms with van der Waals surface area (Å²) in [5, 5.41) is 12.2. The first-order chi connectivity index (χ1) is 8.29. The van der Waals surface area contributed by atoms with Gasteiger partial charge in [-0.05, 0) is 24.6 Å². The van der Waals surface area contributed by atoms with E-state index in [0.29, 0.717) is 6.04 Å². The summed E-state index contributed by atoms with van der Waals surface area (Å²) in [5.41, 5.74) is 1.28. The van der Waals surface area contributed by atoms with E-state index in [0.717, 1.165) is 11.4 Å². The predicted octanol–water partition coefficient (Wildman–Crippen LogP) is 3.47. The van der Waals surface area contributed by atoms with Crippen LogP contribution in [0.2, 0.25) is 0 Å². The zero-order chi connectivity index (χ0) is 12.1. The first kappa shape index (κ1) is 11.8. The lowest BCUT2D eigenvalue weighted by Crippen LogP contribution is -2.17. The Morgan fingerprint density at radius 1 is 1.24 bits per heavy atom. The second-order valence-corrected chi connectivity index (χ2v) is 5.06. The molecule has 0 saturated carbocycles. The fourth-order valence-corrected chi connectivity index (χ4v) is 2.40. The molecule has 0 aliphatic heterocycles. The molecule has 2 rings (SSSR count). The van der Waals surface area contributed by atoms with Crippen molar-refractivity contribution in [2.45, 2.75) is 19.5 Å². The first-order valence-electron chi connectivity index (χ1n) is 5.57. The minimum atomic E-state index is 0.323. The van der Waals surface area contributed by atoms with Crippen molar-refractivity contribution < 1.29 is 0 Å². The number of hydrogen-bond acceptors (Lipinski definition) is 3. The molecule has 17 heavy (non-hydrogen) atoms. The molecule has 0 fully saturated rings. The van der Waals surface area contributed by atoms with E-state index in [1.165, 1.54) is 10.4 Å². The topological polar surface area (TPSA) is 35.8 Å². The zero-order valence-electron chi connectivity index (χ0n) is 9.68. The van der Waals surface area contributed by atoms with Gasteiger partial charge in [-0.25, -0.2) is 0 Å². The van der Waals surface area contributed by atoms with Crippen LogP contribution in [0.3, 0.4) is 0 Å². The lowest BCUT2D eigenvalue weighted by Gasteiger charge is -2.13. The van der Waals surface area contributed by atoms with Gasteiger partial charge in [0, 0.05) is 17.5 Å². The molecule has 2 nitrogen and oxygen atoms in total. The molecule has 2 aromatic rings. The van der Waals surface area contributed by atoms with Crippen LogP contribution in [0.15, 0.2) is 42.5 Å². The van der Waals surface area contributed by atoms with E-state index < -0.39 is 0 Å². The lowest BCUT2D eigenvalue weighted by molar-refractivity contribution is 0.579. The van der Waals surface area contributed by atoms with Crippen LogP contribution < -0.4 is 5.32 Å². The normalized spacial score (nSPS) is 12.0. The van der Waals surface area contributed by atoms with E-state index in [9.17, 15) is 0 Å². The minimum Gasteiger partial charge on any atom is -0.305 e. The standard InChI is InChI=1S/C14H14N2S/c1-11(12-5-3-2-4-6-12)16-10-14-8-7-13(9-15)17-14/h2-8,11,16H,10H2,1H3/t11-/m0/s1. The van der Waals surface area contributed by atoms with Gasteiger partial charge in [0.15, 0.2) is 0 Å². The molecule has 0 aliphatic rings. The van der Waals surface area contributed by atoms with E-state index in [1.54, 1.807) is 11.3 Å². The van der Waals surface area contributed by atoms with Crippen LogP contribution in [-0.2, 0) is 6.54 Å². The second kappa shape index (κ2) is 5.62. The van der Waals surface area contributed by atoms with E-state index in [4.69, 9.17) is 5.26 Å². The highest BCUT2D eigenvalue weighted by molar-refractivity contribution is 7.12. The number of nitriles is 1. The maximum absolute atomic E-state index is 8.75. The lowest BCUT2D eigenvalue weighted by atomic mass is 10.1. The third-order valence-electron chi connectivity index (χ3n) is 2.65. The Kier molecular flexibility index (Phi) is 3.92.